The standard InChI is InChI=1S/C21H24N2O/c1-18-9-11-20(12-10-18)21(24)23-16-14-22(15-17-23)13-5-8-19-6-3-2-4-7-19/h2-12H,13-17H2,1H3/p+1. The SMILES string of the molecule is Cc1ccc(C(=O)N2CC[NH+](CC=Cc3ccccc3)CC2)cc1. The lowest BCUT2D eigenvalue weighted by Crippen LogP contribution is -3.14. The first kappa shape index (κ1) is 16.5. The average molecular weight is 321 g/mol. The fraction of sp³-hybridized carbons (Fsp3) is 0.286. The molecule has 0 unspecified atom stereocenters. The molecule has 3 rings (SSSR count). The zero-order valence-corrected chi connectivity index (χ0v) is 14.2. The Bertz CT molecular complexity index is 684. The predicted molar refractivity (Wildman–Crippen MR) is 98.1 cm³/mol. The molecule has 1 aliphatic rings. The van der Waals surface area contributed by atoms with Gasteiger partial charge in [0.2, 0.25) is 0 Å². The van der Waals surface area contributed by atoms with Gasteiger partial charge >= 0.3 is 0 Å². The Morgan fingerprint density at radius 2 is 1.71 bits per heavy atom. The Labute approximate surface area is 144 Å². The Morgan fingerprint density at radius 3 is 2.38 bits per heavy atom. The number of nitrogens with zero attached hydrogens (tertiary/aromatic N) is 1. The molecule has 1 heterocycles. The lowest BCUT2D eigenvalue weighted by atomic mass is 10.1. The fourth-order valence-electron chi connectivity index (χ4n) is 3.03. The van der Waals surface area contributed by atoms with E-state index in [0.29, 0.717) is 0 Å². The molecule has 124 valence electrons. The van der Waals surface area contributed by atoms with E-state index in [-0.39, 0.29) is 5.91 Å². The van der Waals surface area contributed by atoms with Crippen molar-refractivity contribution in [3.05, 3.63) is 77.4 Å². The van der Waals surface area contributed by atoms with Crippen molar-refractivity contribution in [3.63, 3.8) is 0 Å². The second-order valence-electron chi connectivity index (χ2n) is 6.43. The predicted octanol–water partition coefficient (Wildman–Crippen LogP) is 2.05. The highest BCUT2D eigenvalue weighted by molar-refractivity contribution is 5.94. The summed E-state index contributed by atoms with van der Waals surface area (Å²) in [6.07, 6.45) is 4.42. The molecule has 0 aliphatic carbocycles. The van der Waals surface area contributed by atoms with Gasteiger partial charge in [0.25, 0.3) is 5.91 Å². The van der Waals surface area contributed by atoms with Crippen LogP contribution in [0.15, 0.2) is 60.7 Å². The van der Waals surface area contributed by atoms with Crippen molar-refractivity contribution in [2.75, 3.05) is 32.7 Å². The highest BCUT2D eigenvalue weighted by Gasteiger charge is 2.23. The summed E-state index contributed by atoms with van der Waals surface area (Å²) in [5.74, 6) is 0.161. The second-order valence-corrected chi connectivity index (χ2v) is 6.43. The molecule has 1 fully saturated rings. The van der Waals surface area contributed by atoms with E-state index in [1.54, 1.807) is 0 Å². The zero-order chi connectivity index (χ0) is 16.8. The number of amides is 1. The molecule has 0 atom stereocenters. The van der Waals surface area contributed by atoms with Crippen LogP contribution in [-0.2, 0) is 0 Å². The summed E-state index contributed by atoms with van der Waals surface area (Å²) in [6.45, 7) is 6.75. The number of carbonyl (C=O) groups excluding carboxylic acids is 1. The summed E-state index contributed by atoms with van der Waals surface area (Å²) in [5.41, 5.74) is 3.23. The van der Waals surface area contributed by atoms with Crippen LogP contribution in [0.4, 0.5) is 0 Å². The Hall–Kier alpha value is -2.39. The van der Waals surface area contributed by atoms with Crippen LogP contribution in [0.2, 0.25) is 0 Å². The van der Waals surface area contributed by atoms with Crippen molar-refractivity contribution in [2.24, 2.45) is 0 Å². The normalized spacial score (nSPS) is 15.8. The molecule has 0 radical (unpaired) electrons. The summed E-state index contributed by atoms with van der Waals surface area (Å²) < 4.78 is 0. The molecule has 1 amide bonds. The summed E-state index contributed by atoms with van der Waals surface area (Å²) in [4.78, 5) is 16.0. The van der Waals surface area contributed by atoms with Gasteiger partial charge in [0.1, 0.15) is 0 Å². The van der Waals surface area contributed by atoms with E-state index in [0.717, 1.165) is 38.3 Å². The van der Waals surface area contributed by atoms with Gasteiger partial charge in [-0.05, 0) is 30.7 Å². The number of hydrogen-bond acceptors (Lipinski definition) is 1. The highest BCUT2D eigenvalue weighted by Crippen LogP contribution is 2.07. The van der Waals surface area contributed by atoms with Crippen LogP contribution in [-0.4, -0.2) is 43.5 Å². The van der Waals surface area contributed by atoms with Crippen LogP contribution in [0.1, 0.15) is 21.5 Å². The maximum Gasteiger partial charge on any atom is 0.254 e. The number of nitrogens with one attached hydrogen (secondary N) is 1. The third-order valence-electron chi connectivity index (χ3n) is 4.57. The number of aryl methyl sites for hydroxylation is 1. The van der Waals surface area contributed by atoms with Crippen molar-refractivity contribution in [3.8, 4) is 0 Å². The number of carbonyl (C=O) groups is 1. The highest BCUT2D eigenvalue weighted by atomic mass is 16.2. The summed E-state index contributed by atoms with van der Waals surface area (Å²) in [6, 6.07) is 18.2. The van der Waals surface area contributed by atoms with Gasteiger partial charge in [0.15, 0.2) is 0 Å². The summed E-state index contributed by atoms with van der Waals surface area (Å²) in [5, 5.41) is 0. The van der Waals surface area contributed by atoms with Crippen LogP contribution >= 0.6 is 0 Å². The minimum atomic E-state index is 0.161. The van der Waals surface area contributed by atoms with Crippen molar-refractivity contribution >= 4 is 12.0 Å². The number of benzene rings is 2. The molecule has 2 aromatic rings. The molecule has 3 nitrogen and oxygen atoms in total. The first-order valence-corrected chi connectivity index (χ1v) is 8.63. The third-order valence-corrected chi connectivity index (χ3v) is 4.57. The topological polar surface area (TPSA) is 24.8 Å². The quantitative estimate of drug-likeness (QED) is 0.916. The van der Waals surface area contributed by atoms with Gasteiger partial charge in [-0.25, -0.2) is 0 Å². The van der Waals surface area contributed by atoms with Gasteiger partial charge in [-0.1, -0.05) is 54.1 Å². The molecular formula is C21H25N2O+. The molecule has 3 heteroatoms. The largest absolute Gasteiger partial charge is 0.329 e. The summed E-state index contributed by atoms with van der Waals surface area (Å²) >= 11 is 0. The lowest BCUT2D eigenvalue weighted by molar-refractivity contribution is -0.898. The smallest absolute Gasteiger partial charge is 0.254 e. The maximum absolute atomic E-state index is 12.5. The molecule has 1 aliphatic heterocycles. The number of quaternary nitrogens is 1. The average Bonchev–Trinajstić information content (AvgIpc) is 2.63. The Kier molecular flexibility index (Phi) is 5.44. The maximum atomic E-state index is 12.5. The third kappa shape index (κ3) is 4.33. The van der Waals surface area contributed by atoms with Crippen molar-refractivity contribution in [1.29, 1.82) is 0 Å². The molecule has 0 aromatic heterocycles. The van der Waals surface area contributed by atoms with E-state index in [1.165, 1.54) is 16.0 Å². The second kappa shape index (κ2) is 7.93. The molecule has 1 saturated heterocycles. The Morgan fingerprint density at radius 1 is 1.04 bits per heavy atom. The van der Waals surface area contributed by atoms with Crippen molar-refractivity contribution < 1.29 is 9.69 Å². The molecule has 0 saturated carbocycles. The van der Waals surface area contributed by atoms with Gasteiger partial charge in [-0.2, -0.15) is 0 Å². The molecule has 24 heavy (non-hydrogen) atoms. The zero-order valence-electron chi connectivity index (χ0n) is 14.2. The van der Waals surface area contributed by atoms with Crippen molar-refractivity contribution in [1.82, 2.24) is 4.90 Å². The molecule has 2 aromatic carbocycles. The van der Waals surface area contributed by atoms with Crippen LogP contribution in [0.3, 0.4) is 0 Å². The Balaban J connectivity index is 1.48. The minimum absolute atomic E-state index is 0.161. The summed E-state index contributed by atoms with van der Waals surface area (Å²) in [7, 11) is 0. The first-order valence-electron chi connectivity index (χ1n) is 8.63. The minimum Gasteiger partial charge on any atom is -0.329 e. The first-order chi connectivity index (χ1) is 11.7. The van der Waals surface area contributed by atoms with Gasteiger partial charge in [0, 0.05) is 5.56 Å². The van der Waals surface area contributed by atoms with Crippen LogP contribution in [0.5, 0.6) is 0 Å². The van der Waals surface area contributed by atoms with Gasteiger partial charge in [-0.3, -0.25) is 4.79 Å². The fourth-order valence-corrected chi connectivity index (χ4v) is 3.03. The van der Waals surface area contributed by atoms with E-state index in [9.17, 15) is 4.79 Å². The monoisotopic (exact) mass is 321 g/mol. The van der Waals surface area contributed by atoms with Gasteiger partial charge in [0.05, 0.1) is 32.7 Å². The van der Waals surface area contributed by atoms with Crippen LogP contribution in [0.25, 0.3) is 6.08 Å². The van der Waals surface area contributed by atoms with E-state index in [2.05, 4.69) is 36.4 Å². The van der Waals surface area contributed by atoms with Crippen molar-refractivity contribution in [2.45, 2.75) is 6.92 Å². The van der Waals surface area contributed by atoms with E-state index in [1.807, 2.05) is 42.2 Å². The molecular weight excluding hydrogens is 296 g/mol. The van der Waals surface area contributed by atoms with E-state index >= 15 is 0 Å². The molecule has 0 bridgehead atoms. The van der Waals surface area contributed by atoms with Crippen LogP contribution in [0, 0.1) is 6.92 Å². The molecule has 1 N–H and O–H groups in total. The number of piperazine rings is 1. The number of rotatable bonds is 4. The van der Waals surface area contributed by atoms with E-state index < -0.39 is 0 Å². The molecule has 0 spiro atoms. The van der Waals surface area contributed by atoms with Gasteiger partial charge < -0.3 is 9.80 Å². The number of hydrogen-bond donors (Lipinski definition) is 1. The van der Waals surface area contributed by atoms with Gasteiger partial charge in [-0.15, -0.1) is 0 Å². The lowest BCUT2D eigenvalue weighted by Gasteiger charge is -2.31. The van der Waals surface area contributed by atoms with E-state index in [4.69, 9.17) is 0 Å². The van der Waals surface area contributed by atoms with Crippen LogP contribution < -0.4 is 4.90 Å².